The number of unbranched alkanes of at least 4 members (excludes halogenated alkanes) is 1. The summed E-state index contributed by atoms with van der Waals surface area (Å²) in [6, 6.07) is 0. The van der Waals surface area contributed by atoms with E-state index in [-0.39, 0.29) is 0 Å². The van der Waals surface area contributed by atoms with Crippen LogP contribution in [-0.2, 0) is 4.74 Å². The van der Waals surface area contributed by atoms with Crippen molar-refractivity contribution in [3.63, 3.8) is 0 Å². The molecule has 0 aliphatic carbocycles. The number of methoxy groups -OCH3 is 1. The van der Waals surface area contributed by atoms with Gasteiger partial charge >= 0.3 is 54.1 Å². The summed E-state index contributed by atoms with van der Waals surface area (Å²) in [5, 5.41) is 1.28. The van der Waals surface area contributed by atoms with Crippen LogP contribution in [0.1, 0.15) is 12.8 Å². The van der Waals surface area contributed by atoms with Crippen molar-refractivity contribution in [3.05, 3.63) is 0 Å². The minimum atomic E-state index is 0.924. The van der Waals surface area contributed by atoms with E-state index in [4.69, 9.17) is 4.74 Å². The molecule has 0 aromatic heterocycles. The van der Waals surface area contributed by atoms with E-state index in [0.29, 0.717) is 0 Å². The van der Waals surface area contributed by atoms with Gasteiger partial charge in [-0.25, -0.2) is 0 Å². The molecule has 0 atom stereocenters. The molecule has 0 aromatic carbocycles. The summed E-state index contributed by atoms with van der Waals surface area (Å²) >= 11 is 2.19. The van der Waals surface area contributed by atoms with Gasteiger partial charge in [0.05, 0.1) is 0 Å². The molecule has 0 fully saturated rings. The van der Waals surface area contributed by atoms with Crippen molar-refractivity contribution >= 4 is 17.7 Å². The fourth-order valence-electron chi connectivity index (χ4n) is 0.496. The fourth-order valence-corrected chi connectivity index (χ4v) is 0.496. The molecule has 0 rings (SSSR count). The Bertz CT molecular complexity index is 27.3. The Morgan fingerprint density at radius 3 is 2.57 bits per heavy atom. The zero-order valence-corrected chi connectivity index (χ0v) is 5.24. The van der Waals surface area contributed by atoms with Crippen LogP contribution >= 0.6 is 0 Å². The molecule has 0 saturated heterocycles. The summed E-state index contributed by atoms with van der Waals surface area (Å²) in [4.78, 5) is 0. The monoisotopic (exact) mass is 94.1 g/mol. The van der Waals surface area contributed by atoms with E-state index in [1.54, 1.807) is 7.11 Å². The molecule has 0 amide bonds. The van der Waals surface area contributed by atoms with Crippen molar-refractivity contribution in [2.45, 2.75) is 17.9 Å². The van der Waals surface area contributed by atoms with Crippen LogP contribution in [0, 0.1) is 0 Å². The maximum atomic E-state index is 4.84. The average Bonchev–Trinajstić information content (AvgIpc) is 1.69. The van der Waals surface area contributed by atoms with Crippen molar-refractivity contribution in [3.8, 4) is 0 Å². The first kappa shape index (κ1) is 7.56. The molecular weight excluding hydrogens is 83.0 g/mol. The van der Waals surface area contributed by atoms with Crippen LogP contribution < -0.4 is 0 Å². The molecule has 2 heteroatoms. The fraction of sp³-hybridized carbons (Fsp3) is 1.00. The van der Waals surface area contributed by atoms with E-state index in [1.165, 1.54) is 17.9 Å². The number of hydrogen-bond acceptors (Lipinski definition) is 1. The van der Waals surface area contributed by atoms with Crippen LogP contribution in [0.15, 0.2) is 0 Å². The summed E-state index contributed by atoms with van der Waals surface area (Å²) in [6.45, 7) is 0.924. The van der Waals surface area contributed by atoms with Crippen LogP contribution in [-0.4, -0.2) is 31.4 Å². The van der Waals surface area contributed by atoms with E-state index in [2.05, 4.69) is 17.7 Å². The van der Waals surface area contributed by atoms with Crippen LogP contribution in [0.5, 0.6) is 0 Å². The summed E-state index contributed by atoms with van der Waals surface area (Å²) < 4.78 is 4.84. The second kappa shape index (κ2) is 6.56. The quantitative estimate of drug-likeness (QED) is 0.373. The molecule has 0 unspecified atom stereocenters. The second-order valence-corrected chi connectivity index (χ2v) is 1.70. The van der Waals surface area contributed by atoms with Gasteiger partial charge in [-0.3, -0.25) is 0 Å². The van der Waals surface area contributed by atoms with Gasteiger partial charge in [0, 0.05) is 0 Å². The molecule has 0 N–H and O–H groups in total. The number of rotatable bonds is 4. The van der Waals surface area contributed by atoms with Gasteiger partial charge in [0.1, 0.15) is 0 Å². The van der Waals surface area contributed by atoms with Gasteiger partial charge < -0.3 is 0 Å². The normalized spacial score (nSPS) is 9.57. The van der Waals surface area contributed by atoms with E-state index in [1.807, 2.05) is 0 Å². The zero-order chi connectivity index (χ0) is 5.54. The molecule has 1 nitrogen and oxygen atoms in total. The van der Waals surface area contributed by atoms with Gasteiger partial charge in [0.15, 0.2) is 0 Å². The number of ether oxygens (including phenoxy) is 1. The first-order valence-electron chi connectivity index (χ1n) is 2.90. The van der Waals surface area contributed by atoms with Gasteiger partial charge in [0.25, 0.3) is 0 Å². The molecule has 0 aromatic rings. The van der Waals surface area contributed by atoms with Crippen LogP contribution in [0.2, 0.25) is 5.09 Å². The third-order valence-electron chi connectivity index (χ3n) is 0.952. The minimum absolute atomic E-state index is 0.924. The molecule has 0 radical (unpaired) electrons. The third kappa shape index (κ3) is 6.56. The predicted octanol–water partition coefficient (Wildman–Crippen LogP) is 1.000. The zero-order valence-electron chi connectivity index (χ0n) is 5.24. The average molecular weight is 94.1 g/mol. The van der Waals surface area contributed by atoms with E-state index in [9.17, 15) is 0 Å². The summed E-state index contributed by atoms with van der Waals surface area (Å²) in [7, 11) is 1.75. The van der Waals surface area contributed by atoms with Gasteiger partial charge in [0.2, 0.25) is 0 Å². The Labute approximate surface area is 54.6 Å². The molecule has 7 heavy (non-hydrogen) atoms. The third-order valence-corrected chi connectivity index (χ3v) is 0.952. The summed E-state index contributed by atoms with van der Waals surface area (Å²) in [5.41, 5.74) is 0. The van der Waals surface area contributed by atoms with Crippen LogP contribution in [0.4, 0.5) is 0 Å². The van der Waals surface area contributed by atoms with E-state index < -0.39 is 0 Å². The van der Waals surface area contributed by atoms with Crippen molar-refractivity contribution in [2.24, 2.45) is 0 Å². The van der Waals surface area contributed by atoms with Crippen molar-refractivity contribution < 1.29 is 4.74 Å². The topological polar surface area (TPSA) is 9.23 Å². The first-order valence-corrected chi connectivity index (χ1v) is 2.90. The van der Waals surface area contributed by atoms with Crippen molar-refractivity contribution in [1.82, 2.24) is 0 Å². The molecule has 0 spiro atoms. The SMILES string of the molecule is [Li][CH2]CCCOC. The van der Waals surface area contributed by atoms with E-state index in [0.717, 1.165) is 6.61 Å². The Kier molecular flexibility index (Phi) is 7.08. The molecule has 0 aliphatic rings. The van der Waals surface area contributed by atoms with Gasteiger partial charge in [-0.1, -0.05) is 0 Å². The molecular formula is C5H11LiO. The van der Waals surface area contributed by atoms with E-state index >= 15 is 0 Å². The maximum absolute atomic E-state index is 4.84. The first-order chi connectivity index (χ1) is 3.41. The molecule has 38 valence electrons. The summed E-state index contributed by atoms with van der Waals surface area (Å²) in [6.07, 6.45) is 2.51. The second-order valence-electron chi connectivity index (χ2n) is 1.70. The van der Waals surface area contributed by atoms with Crippen LogP contribution in [0.25, 0.3) is 0 Å². The molecule has 0 saturated carbocycles. The van der Waals surface area contributed by atoms with Crippen molar-refractivity contribution in [1.29, 1.82) is 0 Å². The Hall–Kier alpha value is 0.557. The Morgan fingerprint density at radius 2 is 2.14 bits per heavy atom. The Morgan fingerprint density at radius 1 is 1.43 bits per heavy atom. The van der Waals surface area contributed by atoms with Gasteiger partial charge in [-0.15, -0.1) is 0 Å². The number of hydrogen-bond donors (Lipinski definition) is 0. The molecule has 0 aliphatic heterocycles. The van der Waals surface area contributed by atoms with Crippen molar-refractivity contribution in [2.75, 3.05) is 13.7 Å². The predicted molar refractivity (Wildman–Crippen MR) is 31.7 cm³/mol. The molecule has 0 bridgehead atoms. The standard InChI is InChI=1S/C5H11O.Li/c1-3-4-5-6-2;/h1,3-5H2,2H3;. The van der Waals surface area contributed by atoms with Crippen LogP contribution in [0.3, 0.4) is 0 Å². The summed E-state index contributed by atoms with van der Waals surface area (Å²) in [5.74, 6) is 0. The van der Waals surface area contributed by atoms with Gasteiger partial charge in [-0.05, 0) is 0 Å². The molecule has 0 heterocycles. The Balaban J connectivity index is 2.45. The van der Waals surface area contributed by atoms with Gasteiger partial charge in [-0.2, -0.15) is 0 Å².